The Hall–Kier alpha value is -1.06. The molecule has 0 aliphatic heterocycles. The summed E-state index contributed by atoms with van der Waals surface area (Å²) in [6.07, 6.45) is 28.3. The Morgan fingerprint density at radius 3 is 1.44 bits per heavy atom. The van der Waals surface area contributed by atoms with Gasteiger partial charge in [0.25, 0.3) is 0 Å². The van der Waals surface area contributed by atoms with Crippen LogP contribution >= 0.6 is 0 Å². The topological polar surface area (TPSA) is 55.4 Å². The zero-order valence-electron chi connectivity index (χ0n) is 23.1. The normalized spacial score (nSPS) is 11.0. The lowest BCUT2D eigenvalue weighted by atomic mass is 10.1. The second-order valence-electron chi connectivity index (χ2n) is 10.1. The number of nitrogens with one attached hydrogen (secondary N) is 1. The second-order valence-corrected chi connectivity index (χ2v) is 10.1. The Morgan fingerprint density at radius 1 is 0.500 bits per heavy atom. The van der Waals surface area contributed by atoms with Gasteiger partial charge in [0, 0.05) is 19.4 Å². The third kappa shape index (κ3) is 27.2. The number of hydrogen-bond acceptors (Lipinski definition) is 3. The zero-order chi connectivity index (χ0) is 25.0. The molecular weight excluding hydrogens is 422 g/mol. The molecule has 1 amide bonds. The molecule has 0 spiro atoms. The average Bonchev–Trinajstić information content (AvgIpc) is 2.83. The SMILES string of the molecule is CCCCCCCCCCCCNC(=O)CCCCCOC(=O)CCCCCCCCCCC. The molecule has 0 aromatic heterocycles. The van der Waals surface area contributed by atoms with Crippen molar-refractivity contribution in [3.63, 3.8) is 0 Å². The molecule has 0 rings (SSSR count). The van der Waals surface area contributed by atoms with Gasteiger partial charge in [0.05, 0.1) is 6.61 Å². The van der Waals surface area contributed by atoms with E-state index < -0.39 is 0 Å². The van der Waals surface area contributed by atoms with Gasteiger partial charge in [-0.1, -0.05) is 123 Å². The Balaban J connectivity index is 3.27. The highest BCUT2D eigenvalue weighted by atomic mass is 16.5. The Bertz CT molecular complexity index is 439. The Morgan fingerprint density at radius 2 is 0.912 bits per heavy atom. The standard InChI is InChI=1S/C30H59NO3/c1-3-5-7-9-11-13-15-17-19-23-27-31-29(32)25-21-20-24-28-34-30(33)26-22-18-16-14-12-10-8-6-4-2/h3-28H2,1-2H3,(H,31,32). The van der Waals surface area contributed by atoms with Crippen molar-refractivity contribution in [2.75, 3.05) is 13.2 Å². The molecule has 0 bridgehead atoms. The van der Waals surface area contributed by atoms with Gasteiger partial charge in [0.1, 0.15) is 0 Å². The lowest BCUT2D eigenvalue weighted by molar-refractivity contribution is -0.144. The molecule has 4 heteroatoms. The van der Waals surface area contributed by atoms with Crippen molar-refractivity contribution in [2.45, 2.75) is 168 Å². The number of esters is 1. The van der Waals surface area contributed by atoms with Crippen molar-refractivity contribution in [2.24, 2.45) is 0 Å². The highest BCUT2D eigenvalue weighted by molar-refractivity contribution is 5.75. The third-order valence-electron chi connectivity index (χ3n) is 6.65. The fraction of sp³-hybridized carbons (Fsp3) is 0.933. The van der Waals surface area contributed by atoms with E-state index >= 15 is 0 Å². The van der Waals surface area contributed by atoms with Gasteiger partial charge in [-0.15, -0.1) is 0 Å². The molecular formula is C30H59NO3. The summed E-state index contributed by atoms with van der Waals surface area (Å²) in [6, 6.07) is 0. The van der Waals surface area contributed by atoms with Crippen LogP contribution in [-0.4, -0.2) is 25.0 Å². The smallest absolute Gasteiger partial charge is 0.305 e. The largest absolute Gasteiger partial charge is 0.466 e. The van der Waals surface area contributed by atoms with Gasteiger partial charge in [-0.2, -0.15) is 0 Å². The number of ether oxygens (including phenoxy) is 1. The van der Waals surface area contributed by atoms with E-state index in [-0.39, 0.29) is 11.9 Å². The molecule has 0 aliphatic rings. The van der Waals surface area contributed by atoms with Gasteiger partial charge in [-0.25, -0.2) is 0 Å². The molecule has 0 aliphatic carbocycles. The molecule has 0 radical (unpaired) electrons. The number of carbonyl (C=O) groups excluding carboxylic acids is 2. The molecule has 0 atom stereocenters. The minimum Gasteiger partial charge on any atom is -0.466 e. The number of hydrogen-bond donors (Lipinski definition) is 1. The molecule has 0 saturated heterocycles. The predicted molar refractivity (Wildman–Crippen MR) is 146 cm³/mol. The van der Waals surface area contributed by atoms with Crippen LogP contribution in [0.3, 0.4) is 0 Å². The van der Waals surface area contributed by atoms with Gasteiger partial charge in [-0.05, 0) is 32.1 Å². The van der Waals surface area contributed by atoms with Crippen molar-refractivity contribution < 1.29 is 14.3 Å². The van der Waals surface area contributed by atoms with Crippen molar-refractivity contribution in [3.8, 4) is 0 Å². The average molecular weight is 482 g/mol. The van der Waals surface area contributed by atoms with E-state index in [1.54, 1.807) is 0 Å². The van der Waals surface area contributed by atoms with Crippen LogP contribution in [0.5, 0.6) is 0 Å². The first-order valence-corrected chi connectivity index (χ1v) is 15.1. The summed E-state index contributed by atoms with van der Waals surface area (Å²) in [4.78, 5) is 23.7. The summed E-state index contributed by atoms with van der Waals surface area (Å²) in [5.74, 6) is 0.107. The molecule has 0 aromatic rings. The Labute approximate surface area is 212 Å². The van der Waals surface area contributed by atoms with E-state index in [1.807, 2.05) is 0 Å². The first-order valence-electron chi connectivity index (χ1n) is 15.1. The first kappa shape index (κ1) is 32.9. The van der Waals surface area contributed by atoms with Gasteiger partial charge < -0.3 is 10.1 Å². The van der Waals surface area contributed by atoms with Crippen molar-refractivity contribution >= 4 is 11.9 Å². The first-order chi connectivity index (χ1) is 16.7. The van der Waals surface area contributed by atoms with E-state index in [9.17, 15) is 9.59 Å². The fourth-order valence-electron chi connectivity index (χ4n) is 4.33. The van der Waals surface area contributed by atoms with Crippen LogP contribution in [0.4, 0.5) is 0 Å². The number of carbonyl (C=O) groups is 2. The Kier molecular flexibility index (Phi) is 27.3. The van der Waals surface area contributed by atoms with Crippen LogP contribution in [0, 0.1) is 0 Å². The van der Waals surface area contributed by atoms with E-state index in [2.05, 4.69) is 19.2 Å². The van der Waals surface area contributed by atoms with Crippen molar-refractivity contribution in [1.29, 1.82) is 0 Å². The van der Waals surface area contributed by atoms with Crippen LogP contribution < -0.4 is 5.32 Å². The highest BCUT2D eigenvalue weighted by Crippen LogP contribution is 2.12. The summed E-state index contributed by atoms with van der Waals surface area (Å²) < 4.78 is 5.33. The van der Waals surface area contributed by atoms with Crippen LogP contribution in [0.25, 0.3) is 0 Å². The number of unbranched alkanes of at least 4 members (excludes halogenated alkanes) is 19. The second kappa shape index (κ2) is 28.2. The molecule has 0 fully saturated rings. The molecule has 1 N–H and O–H groups in total. The predicted octanol–water partition coefficient (Wildman–Crippen LogP) is 9.05. The maximum atomic E-state index is 11.9. The summed E-state index contributed by atoms with van der Waals surface area (Å²) in [5, 5.41) is 3.04. The maximum Gasteiger partial charge on any atom is 0.305 e. The molecule has 202 valence electrons. The maximum absolute atomic E-state index is 11.9. The van der Waals surface area contributed by atoms with Gasteiger partial charge in [0.15, 0.2) is 0 Å². The number of rotatable bonds is 27. The highest BCUT2D eigenvalue weighted by Gasteiger charge is 2.04. The molecule has 4 nitrogen and oxygen atoms in total. The molecule has 34 heavy (non-hydrogen) atoms. The van der Waals surface area contributed by atoms with E-state index in [1.165, 1.54) is 103 Å². The minimum absolute atomic E-state index is 0.0582. The minimum atomic E-state index is -0.0582. The van der Waals surface area contributed by atoms with Crippen molar-refractivity contribution in [3.05, 3.63) is 0 Å². The quantitative estimate of drug-likeness (QED) is 0.0940. The van der Waals surface area contributed by atoms with Crippen LogP contribution in [0.15, 0.2) is 0 Å². The third-order valence-corrected chi connectivity index (χ3v) is 6.65. The van der Waals surface area contributed by atoms with Crippen LogP contribution in [-0.2, 0) is 14.3 Å². The molecule has 0 aromatic carbocycles. The summed E-state index contributed by atoms with van der Waals surface area (Å²) >= 11 is 0. The molecule has 0 unspecified atom stereocenters. The fourth-order valence-corrected chi connectivity index (χ4v) is 4.33. The van der Waals surface area contributed by atoms with E-state index in [0.717, 1.165) is 45.1 Å². The number of amides is 1. The lowest BCUT2D eigenvalue weighted by Gasteiger charge is -2.07. The molecule has 0 saturated carbocycles. The lowest BCUT2D eigenvalue weighted by Crippen LogP contribution is -2.24. The van der Waals surface area contributed by atoms with Gasteiger partial charge in [-0.3, -0.25) is 9.59 Å². The van der Waals surface area contributed by atoms with E-state index in [0.29, 0.717) is 19.4 Å². The zero-order valence-corrected chi connectivity index (χ0v) is 23.1. The van der Waals surface area contributed by atoms with Gasteiger partial charge in [0.2, 0.25) is 5.91 Å². The van der Waals surface area contributed by atoms with Crippen LogP contribution in [0.2, 0.25) is 0 Å². The summed E-state index contributed by atoms with van der Waals surface area (Å²) in [6.45, 7) is 5.82. The summed E-state index contributed by atoms with van der Waals surface area (Å²) in [7, 11) is 0. The van der Waals surface area contributed by atoms with Gasteiger partial charge >= 0.3 is 5.97 Å². The monoisotopic (exact) mass is 481 g/mol. The van der Waals surface area contributed by atoms with Crippen LogP contribution in [0.1, 0.15) is 168 Å². The van der Waals surface area contributed by atoms with E-state index in [4.69, 9.17) is 4.74 Å². The summed E-state index contributed by atoms with van der Waals surface area (Å²) in [5.41, 5.74) is 0. The van der Waals surface area contributed by atoms with Crippen molar-refractivity contribution in [1.82, 2.24) is 5.32 Å². The molecule has 0 heterocycles.